The molecule has 0 amide bonds. The monoisotopic (exact) mass is 376 g/mol. The zero-order chi connectivity index (χ0) is 20.2. The van der Waals surface area contributed by atoms with Gasteiger partial charge in [0, 0.05) is 6.42 Å². The molecule has 1 aromatic carbocycles. The van der Waals surface area contributed by atoms with Gasteiger partial charge in [0.25, 0.3) is 0 Å². The van der Waals surface area contributed by atoms with Crippen LogP contribution in [0.15, 0.2) is 17.7 Å². The van der Waals surface area contributed by atoms with E-state index >= 15 is 0 Å². The number of rotatable bonds is 13. The minimum Gasteiger partial charge on any atom is -0.490 e. The highest BCUT2D eigenvalue weighted by Gasteiger charge is 2.18. The van der Waals surface area contributed by atoms with Crippen molar-refractivity contribution in [3.63, 3.8) is 0 Å². The summed E-state index contributed by atoms with van der Waals surface area (Å²) >= 11 is 0. The van der Waals surface area contributed by atoms with Crippen molar-refractivity contribution in [2.24, 2.45) is 0 Å². The van der Waals surface area contributed by atoms with Crippen molar-refractivity contribution < 1.29 is 23.8 Å². The van der Waals surface area contributed by atoms with E-state index < -0.39 is 0 Å². The fourth-order valence-electron chi connectivity index (χ4n) is 2.71. The van der Waals surface area contributed by atoms with Crippen LogP contribution < -0.4 is 14.2 Å². The first-order valence-electron chi connectivity index (χ1n) is 9.80. The van der Waals surface area contributed by atoms with Crippen LogP contribution in [0.25, 0.3) is 6.08 Å². The number of ether oxygens (including phenoxy) is 3. The smallest absolute Gasteiger partial charge is 0.203 e. The third kappa shape index (κ3) is 7.08. The molecule has 0 saturated carbocycles. The van der Waals surface area contributed by atoms with Crippen molar-refractivity contribution in [2.75, 3.05) is 19.8 Å². The molecule has 5 nitrogen and oxygen atoms in total. The molecule has 0 aromatic heterocycles. The molecule has 0 heterocycles. The van der Waals surface area contributed by atoms with Gasteiger partial charge in [0.2, 0.25) is 5.75 Å². The quantitative estimate of drug-likeness (QED) is 0.210. The minimum atomic E-state index is -0.235. The lowest BCUT2D eigenvalue weighted by Crippen LogP contribution is -2.10. The van der Waals surface area contributed by atoms with Crippen molar-refractivity contribution in [1.29, 1.82) is 0 Å². The first-order chi connectivity index (χ1) is 13.0. The Hall–Kier alpha value is -2.30. The second-order valence-electron chi connectivity index (χ2n) is 6.14. The zero-order valence-electron chi connectivity index (χ0n) is 17.2. The topological polar surface area (TPSA) is 61.8 Å². The third-order valence-electron chi connectivity index (χ3n) is 3.93. The Morgan fingerprint density at radius 2 is 1.44 bits per heavy atom. The molecule has 1 rings (SSSR count). The normalized spacial score (nSPS) is 11.2. The summed E-state index contributed by atoms with van der Waals surface area (Å²) in [4.78, 5) is 24.5. The molecule has 0 saturated heterocycles. The Morgan fingerprint density at radius 3 is 1.89 bits per heavy atom. The van der Waals surface area contributed by atoms with Gasteiger partial charge in [-0.15, -0.1) is 0 Å². The van der Waals surface area contributed by atoms with Crippen molar-refractivity contribution in [2.45, 2.75) is 60.3 Å². The summed E-state index contributed by atoms with van der Waals surface area (Å²) in [6, 6.07) is 3.55. The van der Waals surface area contributed by atoms with E-state index in [-0.39, 0.29) is 17.1 Å². The molecular formula is C22H32O5. The van der Waals surface area contributed by atoms with Gasteiger partial charge in [-0.05, 0) is 57.9 Å². The number of hydrogen-bond acceptors (Lipinski definition) is 5. The van der Waals surface area contributed by atoms with Gasteiger partial charge in [0.1, 0.15) is 0 Å². The molecule has 0 aliphatic carbocycles. The Balaban J connectivity index is 3.32. The van der Waals surface area contributed by atoms with Crippen LogP contribution in [0.1, 0.15) is 65.9 Å². The Kier molecular flexibility index (Phi) is 10.2. The number of benzene rings is 1. The zero-order valence-corrected chi connectivity index (χ0v) is 17.2. The lowest BCUT2D eigenvalue weighted by molar-refractivity contribution is -0.120. The van der Waals surface area contributed by atoms with Gasteiger partial charge >= 0.3 is 0 Å². The van der Waals surface area contributed by atoms with Gasteiger partial charge in [-0.2, -0.15) is 0 Å². The van der Waals surface area contributed by atoms with Crippen molar-refractivity contribution in [1.82, 2.24) is 0 Å². The molecule has 0 unspecified atom stereocenters. The van der Waals surface area contributed by atoms with Gasteiger partial charge < -0.3 is 14.2 Å². The Bertz CT molecular complexity index is 634. The molecule has 0 aliphatic rings. The number of ketones is 2. The molecule has 27 heavy (non-hydrogen) atoms. The summed E-state index contributed by atoms with van der Waals surface area (Å²) in [5, 5.41) is 0. The van der Waals surface area contributed by atoms with Crippen molar-refractivity contribution in [3.8, 4) is 17.2 Å². The lowest BCUT2D eigenvalue weighted by Gasteiger charge is -2.16. The number of carbonyl (C=O) groups excluding carboxylic acids is 2. The molecule has 150 valence electrons. The van der Waals surface area contributed by atoms with Crippen LogP contribution in [0.4, 0.5) is 0 Å². The van der Waals surface area contributed by atoms with Crippen LogP contribution in [-0.4, -0.2) is 31.4 Å². The van der Waals surface area contributed by atoms with Crippen LogP contribution >= 0.6 is 0 Å². The maximum absolute atomic E-state index is 12.5. The highest BCUT2D eigenvalue weighted by atomic mass is 16.5. The summed E-state index contributed by atoms with van der Waals surface area (Å²) in [6.07, 6.45) is 4.80. The highest BCUT2D eigenvalue weighted by molar-refractivity contribution is 6.22. The van der Waals surface area contributed by atoms with E-state index in [0.29, 0.717) is 49.1 Å². The first-order valence-corrected chi connectivity index (χ1v) is 9.80. The minimum absolute atomic E-state index is 0.124. The fraction of sp³-hybridized carbons (Fsp3) is 0.545. The molecule has 0 N–H and O–H groups in total. The molecule has 0 aliphatic heterocycles. The van der Waals surface area contributed by atoms with Crippen LogP contribution in [0.5, 0.6) is 17.2 Å². The summed E-state index contributed by atoms with van der Waals surface area (Å²) in [7, 11) is 0. The SMILES string of the molecule is CCCCCC(=O)C(=Cc1cc(OCC)c(OCC)c(OCC)c1)C(C)=O. The maximum atomic E-state index is 12.5. The van der Waals surface area contributed by atoms with Crippen LogP contribution in [0.3, 0.4) is 0 Å². The predicted molar refractivity (Wildman–Crippen MR) is 108 cm³/mol. The molecule has 0 radical (unpaired) electrons. The van der Waals surface area contributed by atoms with Gasteiger partial charge in [0.05, 0.1) is 25.4 Å². The average Bonchev–Trinajstić information content (AvgIpc) is 2.62. The van der Waals surface area contributed by atoms with Gasteiger partial charge in [-0.1, -0.05) is 19.8 Å². The number of carbonyl (C=O) groups is 2. The number of unbranched alkanes of at least 4 members (excludes halogenated alkanes) is 2. The van der Waals surface area contributed by atoms with Crippen LogP contribution in [0, 0.1) is 0 Å². The summed E-state index contributed by atoms with van der Waals surface area (Å²) in [5.74, 6) is 1.26. The third-order valence-corrected chi connectivity index (χ3v) is 3.93. The van der Waals surface area contributed by atoms with Crippen molar-refractivity contribution >= 4 is 17.6 Å². The second-order valence-corrected chi connectivity index (χ2v) is 6.14. The van der Waals surface area contributed by atoms with E-state index in [1.807, 2.05) is 20.8 Å². The summed E-state index contributed by atoms with van der Waals surface area (Å²) in [5.41, 5.74) is 0.888. The van der Waals surface area contributed by atoms with E-state index in [1.54, 1.807) is 18.2 Å². The molecule has 0 bridgehead atoms. The lowest BCUT2D eigenvalue weighted by atomic mass is 9.99. The molecule has 0 fully saturated rings. The average molecular weight is 376 g/mol. The molecule has 5 heteroatoms. The fourth-order valence-corrected chi connectivity index (χ4v) is 2.71. The van der Waals surface area contributed by atoms with Gasteiger partial charge in [0.15, 0.2) is 23.1 Å². The van der Waals surface area contributed by atoms with Gasteiger partial charge in [-0.3, -0.25) is 9.59 Å². The largest absolute Gasteiger partial charge is 0.490 e. The summed E-state index contributed by atoms with van der Waals surface area (Å²) in [6.45, 7) is 10.6. The molecule has 0 spiro atoms. The van der Waals surface area contributed by atoms with E-state index in [4.69, 9.17) is 14.2 Å². The predicted octanol–water partition coefficient (Wildman–Crippen LogP) is 5.00. The standard InChI is InChI=1S/C22H32O5/c1-6-10-11-12-19(24)18(16(5)23)13-17-14-20(25-7-2)22(27-9-4)21(15-17)26-8-3/h13-15H,6-12H2,1-5H3. The molecule has 1 aromatic rings. The van der Waals surface area contributed by atoms with E-state index in [9.17, 15) is 9.59 Å². The number of hydrogen-bond donors (Lipinski definition) is 0. The Labute approximate surface area is 162 Å². The van der Waals surface area contributed by atoms with E-state index in [0.717, 1.165) is 19.3 Å². The van der Waals surface area contributed by atoms with Crippen molar-refractivity contribution in [3.05, 3.63) is 23.3 Å². The van der Waals surface area contributed by atoms with Gasteiger partial charge in [-0.25, -0.2) is 0 Å². The van der Waals surface area contributed by atoms with E-state index in [1.165, 1.54) is 6.92 Å². The molecule has 0 atom stereocenters. The van der Waals surface area contributed by atoms with Crippen LogP contribution in [0.2, 0.25) is 0 Å². The summed E-state index contributed by atoms with van der Waals surface area (Å²) < 4.78 is 17.1. The molecular weight excluding hydrogens is 344 g/mol. The Morgan fingerprint density at radius 1 is 0.889 bits per heavy atom. The first kappa shape index (κ1) is 22.7. The second kappa shape index (κ2) is 12.2. The van der Waals surface area contributed by atoms with Crippen LogP contribution in [-0.2, 0) is 9.59 Å². The maximum Gasteiger partial charge on any atom is 0.203 e. The van der Waals surface area contributed by atoms with E-state index in [2.05, 4.69) is 6.92 Å². The highest BCUT2D eigenvalue weighted by Crippen LogP contribution is 2.39. The number of allylic oxidation sites excluding steroid dienone is 1. The number of Topliss-reactive ketones (excluding diaryl/α,β-unsaturated/α-hetero) is 2.